The molecule has 1 saturated heterocycles. The molecule has 1 fully saturated rings. The quantitative estimate of drug-likeness (QED) is 0.820. The van der Waals surface area contributed by atoms with Crippen LogP contribution in [0, 0.1) is 0 Å². The first kappa shape index (κ1) is 11.9. The molecular weight excluding hydrogens is 240 g/mol. The molecule has 1 aromatic carbocycles. The second kappa shape index (κ2) is 4.04. The molecule has 1 unspecified atom stereocenters. The first-order chi connectivity index (χ1) is 8.01. The molecule has 0 aliphatic carbocycles. The van der Waals surface area contributed by atoms with E-state index in [4.69, 9.17) is 11.6 Å². The van der Waals surface area contributed by atoms with Crippen molar-refractivity contribution in [2.75, 3.05) is 7.05 Å². The van der Waals surface area contributed by atoms with Gasteiger partial charge in [-0.05, 0) is 24.1 Å². The van der Waals surface area contributed by atoms with Crippen LogP contribution >= 0.6 is 11.6 Å². The summed E-state index contributed by atoms with van der Waals surface area (Å²) in [6, 6.07) is 6.59. The van der Waals surface area contributed by atoms with Crippen molar-refractivity contribution < 1.29 is 9.59 Å². The summed E-state index contributed by atoms with van der Waals surface area (Å²) in [6.07, 6.45) is 0.504. The second-order valence-electron chi connectivity index (χ2n) is 4.06. The maximum atomic E-state index is 12.2. The number of benzene rings is 1. The minimum atomic E-state index is -0.948. The Hall–Kier alpha value is -1.55. The Morgan fingerprint density at radius 1 is 1.29 bits per heavy atom. The number of imide groups is 1. The zero-order chi connectivity index (χ0) is 12.6. The van der Waals surface area contributed by atoms with E-state index in [1.54, 1.807) is 24.3 Å². The van der Waals surface area contributed by atoms with Crippen LogP contribution in [0.2, 0.25) is 5.02 Å². The summed E-state index contributed by atoms with van der Waals surface area (Å²) in [5.74, 6) is -0.229. The maximum absolute atomic E-state index is 12.2. The summed E-state index contributed by atoms with van der Waals surface area (Å²) in [5.41, 5.74) is -0.191. The van der Waals surface area contributed by atoms with Crippen LogP contribution < -0.4 is 5.32 Å². The van der Waals surface area contributed by atoms with E-state index in [9.17, 15) is 9.59 Å². The molecule has 3 amide bonds. The van der Waals surface area contributed by atoms with E-state index in [0.717, 1.165) is 10.5 Å². The van der Waals surface area contributed by atoms with Gasteiger partial charge in [0.25, 0.3) is 5.91 Å². The number of rotatable bonds is 2. The molecule has 1 atom stereocenters. The van der Waals surface area contributed by atoms with E-state index in [0.29, 0.717) is 11.4 Å². The van der Waals surface area contributed by atoms with Gasteiger partial charge in [0.2, 0.25) is 0 Å². The lowest BCUT2D eigenvalue weighted by molar-refractivity contribution is -0.130. The highest BCUT2D eigenvalue weighted by Gasteiger charge is 2.49. The molecule has 1 aromatic rings. The predicted octanol–water partition coefficient (Wildman–Crippen LogP) is 2.13. The number of halogens is 1. The first-order valence-corrected chi connectivity index (χ1v) is 5.75. The highest BCUT2D eigenvalue weighted by Crippen LogP contribution is 2.32. The van der Waals surface area contributed by atoms with E-state index in [2.05, 4.69) is 5.32 Å². The number of hydrogen-bond acceptors (Lipinski definition) is 2. The number of urea groups is 1. The molecule has 2 rings (SSSR count). The zero-order valence-electron chi connectivity index (χ0n) is 9.66. The van der Waals surface area contributed by atoms with Gasteiger partial charge in [0.05, 0.1) is 0 Å². The van der Waals surface area contributed by atoms with Crippen LogP contribution in [0.1, 0.15) is 18.9 Å². The van der Waals surface area contributed by atoms with Crippen LogP contribution in [0.25, 0.3) is 0 Å². The molecule has 0 aromatic heterocycles. The first-order valence-electron chi connectivity index (χ1n) is 5.37. The summed E-state index contributed by atoms with van der Waals surface area (Å²) >= 11 is 5.82. The number of carbonyl (C=O) groups excluding carboxylic acids is 2. The van der Waals surface area contributed by atoms with Crippen LogP contribution in [0.5, 0.6) is 0 Å². The normalized spacial score (nSPS) is 24.1. The van der Waals surface area contributed by atoms with Gasteiger partial charge in [-0.25, -0.2) is 4.79 Å². The Morgan fingerprint density at radius 3 is 2.29 bits per heavy atom. The minimum Gasteiger partial charge on any atom is -0.319 e. The predicted molar refractivity (Wildman–Crippen MR) is 64.7 cm³/mol. The molecule has 0 spiro atoms. The van der Waals surface area contributed by atoms with Gasteiger partial charge >= 0.3 is 6.03 Å². The molecule has 1 heterocycles. The smallest absolute Gasteiger partial charge is 0.319 e. The van der Waals surface area contributed by atoms with Gasteiger partial charge in [0.1, 0.15) is 5.54 Å². The average molecular weight is 253 g/mol. The van der Waals surface area contributed by atoms with Gasteiger partial charge in [-0.15, -0.1) is 0 Å². The highest BCUT2D eigenvalue weighted by atomic mass is 35.5. The van der Waals surface area contributed by atoms with E-state index >= 15 is 0 Å². The molecule has 0 radical (unpaired) electrons. The van der Waals surface area contributed by atoms with Crippen molar-refractivity contribution in [3.63, 3.8) is 0 Å². The van der Waals surface area contributed by atoms with Crippen molar-refractivity contribution in [3.05, 3.63) is 34.9 Å². The summed E-state index contributed by atoms with van der Waals surface area (Å²) in [5, 5.41) is 3.35. The van der Waals surface area contributed by atoms with E-state index in [1.807, 2.05) is 6.92 Å². The molecule has 1 aliphatic rings. The van der Waals surface area contributed by atoms with Crippen LogP contribution in [-0.2, 0) is 10.3 Å². The topological polar surface area (TPSA) is 49.4 Å². The van der Waals surface area contributed by atoms with Crippen molar-refractivity contribution in [2.24, 2.45) is 0 Å². The number of hydrogen-bond donors (Lipinski definition) is 1. The third-order valence-corrected chi connectivity index (χ3v) is 3.41. The lowest BCUT2D eigenvalue weighted by Gasteiger charge is -2.25. The summed E-state index contributed by atoms with van der Waals surface area (Å²) in [7, 11) is 1.48. The largest absolute Gasteiger partial charge is 0.325 e. The van der Waals surface area contributed by atoms with Crippen molar-refractivity contribution >= 4 is 23.5 Å². The van der Waals surface area contributed by atoms with Gasteiger partial charge in [-0.1, -0.05) is 30.7 Å². The van der Waals surface area contributed by atoms with Gasteiger partial charge in [-0.2, -0.15) is 0 Å². The van der Waals surface area contributed by atoms with Crippen LogP contribution in [0.4, 0.5) is 4.79 Å². The van der Waals surface area contributed by atoms with E-state index < -0.39 is 5.54 Å². The summed E-state index contributed by atoms with van der Waals surface area (Å²) < 4.78 is 0. The van der Waals surface area contributed by atoms with Crippen molar-refractivity contribution in [1.29, 1.82) is 0 Å². The highest BCUT2D eigenvalue weighted by molar-refractivity contribution is 6.30. The lowest BCUT2D eigenvalue weighted by atomic mass is 9.87. The van der Waals surface area contributed by atoms with Gasteiger partial charge in [-0.3, -0.25) is 9.69 Å². The molecule has 17 heavy (non-hydrogen) atoms. The minimum absolute atomic E-state index is 0.229. The molecular formula is C12H13ClN2O2. The molecule has 5 heteroatoms. The van der Waals surface area contributed by atoms with Gasteiger partial charge in [0.15, 0.2) is 0 Å². The second-order valence-corrected chi connectivity index (χ2v) is 4.50. The molecule has 4 nitrogen and oxygen atoms in total. The van der Waals surface area contributed by atoms with Crippen molar-refractivity contribution in [3.8, 4) is 0 Å². The Kier molecular flexibility index (Phi) is 2.83. The average Bonchev–Trinajstić information content (AvgIpc) is 2.55. The molecule has 0 bridgehead atoms. The van der Waals surface area contributed by atoms with Crippen molar-refractivity contribution in [1.82, 2.24) is 10.2 Å². The third-order valence-electron chi connectivity index (χ3n) is 3.16. The molecule has 1 N–H and O–H groups in total. The number of nitrogens with one attached hydrogen (secondary N) is 1. The third kappa shape index (κ3) is 1.69. The Labute approximate surface area is 105 Å². The summed E-state index contributed by atoms with van der Waals surface area (Å²) in [6.45, 7) is 1.87. The number of amides is 3. The summed E-state index contributed by atoms with van der Waals surface area (Å²) in [4.78, 5) is 24.8. The van der Waals surface area contributed by atoms with E-state index in [1.165, 1.54) is 7.05 Å². The van der Waals surface area contributed by atoms with Crippen LogP contribution in [0.15, 0.2) is 24.3 Å². The van der Waals surface area contributed by atoms with Gasteiger partial charge < -0.3 is 5.32 Å². The number of nitrogens with zero attached hydrogens (tertiary/aromatic N) is 1. The van der Waals surface area contributed by atoms with E-state index in [-0.39, 0.29) is 11.9 Å². The van der Waals surface area contributed by atoms with Crippen molar-refractivity contribution in [2.45, 2.75) is 18.9 Å². The Bertz CT molecular complexity index is 472. The monoisotopic (exact) mass is 252 g/mol. The number of likely N-dealkylation sites (N-methyl/N-ethyl adjacent to an activating group) is 1. The maximum Gasteiger partial charge on any atom is 0.325 e. The molecule has 0 saturated carbocycles. The Morgan fingerprint density at radius 2 is 1.88 bits per heavy atom. The van der Waals surface area contributed by atoms with Gasteiger partial charge in [0, 0.05) is 12.1 Å². The fraction of sp³-hybridized carbons (Fsp3) is 0.333. The Balaban J connectivity index is 2.49. The lowest BCUT2D eigenvalue weighted by Crippen LogP contribution is -2.43. The fourth-order valence-corrected chi connectivity index (χ4v) is 2.20. The molecule has 1 aliphatic heterocycles. The molecule has 90 valence electrons. The standard InChI is InChI=1S/C12H13ClN2O2/c1-3-12(8-4-6-9(13)7-5-8)10(16)15(2)11(17)14-12/h4-7H,3H2,1-2H3,(H,14,17). The van der Waals surface area contributed by atoms with Crippen LogP contribution in [-0.4, -0.2) is 23.9 Å². The number of carbonyl (C=O) groups is 2. The van der Waals surface area contributed by atoms with Crippen LogP contribution in [0.3, 0.4) is 0 Å². The zero-order valence-corrected chi connectivity index (χ0v) is 10.4. The fourth-order valence-electron chi connectivity index (χ4n) is 2.07. The SMILES string of the molecule is CCC1(c2ccc(Cl)cc2)NC(=O)N(C)C1=O.